The van der Waals surface area contributed by atoms with Gasteiger partial charge in [-0.3, -0.25) is 19.5 Å². The van der Waals surface area contributed by atoms with Crippen molar-refractivity contribution >= 4 is 89.8 Å². The smallest absolute Gasteiger partial charge is 0.420 e. The zero-order valence-corrected chi connectivity index (χ0v) is 42.7. The van der Waals surface area contributed by atoms with Crippen molar-refractivity contribution in [2.75, 3.05) is 98.8 Å². The number of benzene rings is 2. The molecule has 4 rings (SSSR count). The van der Waals surface area contributed by atoms with E-state index in [9.17, 15) is 19.2 Å². The summed E-state index contributed by atoms with van der Waals surface area (Å²) in [4.78, 5) is 71.1. The van der Waals surface area contributed by atoms with E-state index in [2.05, 4.69) is 56.6 Å². The third kappa shape index (κ3) is 15.1. The number of anilines is 6. The number of ether oxygens (including phenoxy) is 5. The van der Waals surface area contributed by atoms with Gasteiger partial charge in [-0.05, 0) is 71.9 Å². The second-order valence-corrected chi connectivity index (χ2v) is 25.0. The molecular formula is C45H65Cl2N9O9Si. The van der Waals surface area contributed by atoms with Crippen molar-refractivity contribution in [3.8, 4) is 11.5 Å². The molecule has 1 aliphatic heterocycles. The maximum absolute atomic E-state index is 14.7. The largest absolute Gasteiger partial charge is 0.495 e. The topological polar surface area (TPSA) is 180 Å². The highest BCUT2D eigenvalue weighted by atomic mass is 35.5. The van der Waals surface area contributed by atoms with Gasteiger partial charge < -0.3 is 39.2 Å². The molecular weight excluding hydrogens is 910 g/mol. The van der Waals surface area contributed by atoms with Crippen molar-refractivity contribution in [1.82, 2.24) is 20.2 Å². The minimum atomic E-state index is -1.51. The molecule has 2 heterocycles. The van der Waals surface area contributed by atoms with E-state index >= 15 is 0 Å². The molecule has 1 fully saturated rings. The summed E-state index contributed by atoms with van der Waals surface area (Å²) in [5.74, 6) is -0.0101. The number of nitrogens with zero attached hydrogens (tertiary/aromatic N) is 7. The summed E-state index contributed by atoms with van der Waals surface area (Å²) in [5.41, 5.74) is -0.192. The van der Waals surface area contributed by atoms with E-state index in [1.165, 1.54) is 54.4 Å². The minimum Gasteiger partial charge on any atom is -0.495 e. The van der Waals surface area contributed by atoms with Crippen LogP contribution in [0, 0.1) is 0 Å². The van der Waals surface area contributed by atoms with Gasteiger partial charge in [-0.25, -0.2) is 29.3 Å². The Hall–Kier alpha value is -5.34. The fourth-order valence-electron chi connectivity index (χ4n) is 6.46. The summed E-state index contributed by atoms with van der Waals surface area (Å²) in [6.07, 6.45) is 1.04. The Morgan fingerprint density at radius 2 is 1.48 bits per heavy atom. The number of urea groups is 1. The van der Waals surface area contributed by atoms with Gasteiger partial charge in [0.2, 0.25) is 5.91 Å². The molecule has 0 atom stereocenters. The number of hydrogen-bond donors (Lipinski definition) is 2. The molecule has 2 N–H and O–H groups in total. The third-order valence-electron chi connectivity index (χ3n) is 9.84. The van der Waals surface area contributed by atoms with Crippen LogP contribution in [0.2, 0.25) is 35.7 Å². The zero-order valence-electron chi connectivity index (χ0n) is 40.2. The Bertz CT molecular complexity index is 2180. The van der Waals surface area contributed by atoms with Crippen LogP contribution < -0.4 is 39.7 Å². The molecule has 5 amide bonds. The van der Waals surface area contributed by atoms with Crippen LogP contribution >= 0.6 is 23.2 Å². The monoisotopic (exact) mass is 973 g/mol. The van der Waals surface area contributed by atoms with Gasteiger partial charge in [-0.2, -0.15) is 0 Å². The molecule has 362 valence electrons. The lowest BCUT2D eigenvalue weighted by molar-refractivity contribution is -0.111. The second kappa shape index (κ2) is 22.9. The lowest BCUT2D eigenvalue weighted by Crippen LogP contribution is -2.48. The summed E-state index contributed by atoms with van der Waals surface area (Å²) in [7, 11) is 2.84. The summed E-state index contributed by atoms with van der Waals surface area (Å²) in [5, 5.41) is 5.75. The Morgan fingerprint density at radius 3 is 2.05 bits per heavy atom. The van der Waals surface area contributed by atoms with E-state index < -0.39 is 43.4 Å². The molecule has 2 aromatic carbocycles. The average molecular weight is 975 g/mol. The first kappa shape index (κ1) is 53.3. The van der Waals surface area contributed by atoms with Crippen molar-refractivity contribution in [1.29, 1.82) is 0 Å². The van der Waals surface area contributed by atoms with Gasteiger partial charge in [0.05, 0.1) is 31.3 Å². The number of nitrogens with one attached hydrogen (secondary N) is 2. The molecule has 3 aromatic rings. The number of rotatable bonds is 17. The van der Waals surface area contributed by atoms with E-state index in [1.54, 1.807) is 32.9 Å². The van der Waals surface area contributed by atoms with Crippen molar-refractivity contribution < 1.29 is 42.9 Å². The van der Waals surface area contributed by atoms with Crippen molar-refractivity contribution in [2.45, 2.75) is 78.4 Å². The predicted molar refractivity (Wildman–Crippen MR) is 263 cm³/mol. The van der Waals surface area contributed by atoms with Gasteiger partial charge in [0.1, 0.15) is 57.4 Å². The average Bonchev–Trinajstić information content (AvgIpc) is 3.23. The third-order valence-corrected chi connectivity index (χ3v) is 12.3. The van der Waals surface area contributed by atoms with Crippen LogP contribution in [0.25, 0.3) is 0 Å². The second-order valence-electron chi connectivity index (χ2n) is 18.6. The highest BCUT2D eigenvalue weighted by Crippen LogP contribution is 2.46. The van der Waals surface area contributed by atoms with E-state index in [-0.39, 0.29) is 57.0 Å². The van der Waals surface area contributed by atoms with Crippen LogP contribution in [-0.2, 0) is 19.0 Å². The SMILES string of the molecule is C=CC(=O)Nc1cc(N2CCN(CCNC(=O)OC(C)(C)C)CC2)ccc1N(C(=O)OC(C)(C)C)c1cc(N(C)C(=O)N(COCC[Si](C)(C)C)c2c(Cl)c(OC)cc(OC)c2Cl)ncn1. The number of aromatic nitrogens is 2. The molecule has 0 saturated carbocycles. The molecule has 0 unspecified atom stereocenters. The fourth-order valence-corrected chi connectivity index (χ4v) is 7.93. The van der Waals surface area contributed by atoms with E-state index in [0.29, 0.717) is 45.9 Å². The van der Waals surface area contributed by atoms with Crippen molar-refractivity contribution in [3.05, 3.63) is 59.4 Å². The molecule has 1 aliphatic rings. The van der Waals surface area contributed by atoms with Gasteiger partial charge in [-0.15, -0.1) is 0 Å². The van der Waals surface area contributed by atoms with Crippen LogP contribution in [0.5, 0.6) is 11.5 Å². The normalized spacial score (nSPS) is 13.3. The number of hydrogen-bond acceptors (Lipinski definition) is 13. The molecule has 0 aliphatic carbocycles. The molecule has 21 heteroatoms. The number of halogens is 2. The number of amides is 5. The van der Waals surface area contributed by atoms with Gasteiger partial charge >= 0.3 is 18.2 Å². The van der Waals surface area contributed by atoms with Gasteiger partial charge in [0, 0.05) is 78.8 Å². The molecule has 0 bridgehead atoms. The summed E-state index contributed by atoms with van der Waals surface area (Å²) < 4.78 is 28.4. The first-order chi connectivity index (χ1) is 30.9. The van der Waals surface area contributed by atoms with Crippen LogP contribution in [0.1, 0.15) is 41.5 Å². The first-order valence-corrected chi connectivity index (χ1v) is 25.9. The molecule has 1 saturated heterocycles. The van der Waals surface area contributed by atoms with Gasteiger partial charge in [0.25, 0.3) is 0 Å². The quantitative estimate of drug-likeness (QED) is 0.0567. The molecule has 66 heavy (non-hydrogen) atoms. The van der Waals surface area contributed by atoms with Gasteiger partial charge in [-0.1, -0.05) is 49.4 Å². The van der Waals surface area contributed by atoms with E-state index in [0.717, 1.165) is 17.8 Å². The Labute approximate surface area is 399 Å². The molecule has 18 nitrogen and oxygen atoms in total. The number of carbonyl (C=O) groups excluding carboxylic acids is 4. The predicted octanol–water partition coefficient (Wildman–Crippen LogP) is 9.02. The molecule has 1 aromatic heterocycles. The molecule has 0 spiro atoms. The Balaban J connectivity index is 1.71. The minimum absolute atomic E-state index is 0.0152. The van der Waals surface area contributed by atoms with Crippen LogP contribution in [0.4, 0.5) is 48.8 Å². The maximum atomic E-state index is 14.7. The first-order valence-electron chi connectivity index (χ1n) is 21.5. The number of methoxy groups -OCH3 is 2. The van der Waals surface area contributed by atoms with Crippen LogP contribution in [-0.4, -0.2) is 132 Å². The highest BCUT2D eigenvalue weighted by molar-refractivity contribution is 6.76. The van der Waals surface area contributed by atoms with Crippen molar-refractivity contribution in [3.63, 3.8) is 0 Å². The Morgan fingerprint density at radius 1 is 0.879 bits per heavy atom. The van der Waals surface area contributed by atoms with E-state index in [4.69, 9.17) is 46.9 Å². The number of carbonyl (C=O) groups is 4. The summed E-state index contributed by atoms with van der Waals surface area (Å²) in [6, 6.07) is 8.41. The van der Waals surface area contributed by atoms with E-state index in [1.807, 2.05) is 26.8 Å². The molecule has 0 radical (unpaired) electrons. The van der Waals surface area contributed by atoms with Crippen LogP contribution in [0.3, 0.4) is 0 Å². The Kier molecular flexibility index (Phi) is 18.5. The number of alkyl carbamates (subject to hydrolysis) is 1. The van der Waals surface area contributed by atoms with Gasteiger partial charge in [0.15, 0.2) is 0 Å². The van der Waals surface area contributed by atoms with Crippen LogP contribution in [0.15, 0.2) is 49.3 Å². The zero-order chi connectivity index (χ0) is 49.1. The summed E-state index contributed by atoms with van der Waals surface area (Å²) in [6.45, 7) is 24.8. The standard InChI is InChI=1S/C45H65Cl2N9O9Si/c1-14-37(57)51-31-25-30(54-21-19-53(20-22-54)18-17-48-41(58)64-44(2,3)4)15-16-32(31)56(43(60)65-45(5,6)7)36-27-35(49-28-50-36)52(8)42(59)55(29-63-23-24-66(11,12)13)40-38(46)33(61-9)26-34(62-10)39(40)47/h14-16,25-28H,1,17-24,29H2,2-13H3,(H,48,58)(H,51,57). The lowest BCUT2D eigenvalue weighted by atomic mass is 10.1. The highest BCUT2D eigenvalue weighted by Gasteiger charge is 2.33. The number of piperazine rings is 1. The lowest BCUT2D eigenvalue weighted by Gasteiger charge is -2.36. The fraction of sp³-hybridized carbons (Fsp3) is 0.511. The summed E-state index contributed by atoms with van der Waals surface area (Å²) >= 11 is 13.7. The van der Waals surface area contributed by atoms with Crippen molar-refractivity contribution in [2.24, 2.45) is 0 Å². The maximum Gasteiger partial charge on any atom is 0.420 e.